The van der Waals surface area contributed by atoms with Crippen LogP contribution in [0.1, 0.15) is 0 Å². The van der Waals surface area contributed by atoms with E-state index in [1.807, 2.05) is 0 Å². The summed E-state index contributed by atoms with van der Waals surface area (Å²) < 4.78 is 31.3. The van der Waals surface area contributed by atoms with Crippen LogP contribution in [-0.2, 0) is 14.8 Å². The second-order valence-corrected chi connectivity index (χ2v) is 5.53. The summed E-state index contributed by atoms with van der Waals surface area (Å²) in [7, 11) is -1.89. The van der Waals surface area contributed by atoms with Crippen molar-refractivity contribution in [1.29, 1.82) is 0 Å². The molecule has 0 bridgehead atoms. The molecule has 0 unspecified atom stereocenters. The minimum atomic E-state index is -3.42. The fraction of sp³-hybridized carbons (Fsp3) is 0.333. The van der Waals surface area contributed by atoms with Gasteiger partial charge in [0.25, 0.3) is 0 Å². The molecule has 0 radical (unpaired) electrons. The van der Waals surface area contributed by atoms with E-state index < -0.39 is 10.0 Å². The van der Waals surface area contributed by atoms with E-state index in [9.17, 15) is 8.42 Å². The zero-order valence-corrected chi connectivity index (χ0v) is 10.6. The fourth-order valence-electron chi connectivity index (χ4n) is 0.996. The Labute approximate surface area is 97.8 Å². The Bertz CT molecular complexity index is 419. The van der Waals surface area contributed by atoms with Gasteiger partial charge in [-0.2, -0.15) is 0 Å². The first kappa shape index (κ1) is 12.6. The summed E-state index contributed by atoms with van der Waals surface area (Å²) in [6.45, 7) is 0.624. The van der Waals surface area contributed by atoms with E-state index in [0.717, 1.165) is 4.47 Å². The van der Waals surface area contributed by atoms with E-state index in [0.29, 0.717) is 6.61 Å². The van der Waals surface area contributed by atoms with Gasteiger partial charge in [-0.15, -0.1) is 0 Å². The molecule has 4 nitrogen and oxygen atoms in total. The normalized spacial score (nSPS) is 11.6. The molecule has 0 saturated carbocycles. The summed E-state index contributed by atoms with van der Waals surface area (Å²) in [5, 5.41) is 0. The van der Waals surface area contributed by atoms with Gasteiger partial charge in [-0.3, -0.25) is 0 Å². The lowest BCUT2D eigenvalue weighted by molar-refractivity contribution is 0.204. The number of halogens is 1. The Morgan fingerprint density at radius 2 is 2.20 bits per heavy atom. The molecule has 0 saturated heterocycles. The molecule has 0 spiro atoms. The van der Waals surface area contributed by atoms with Crippen LogP contribution in [0.15, 0.2) is 33.6 Å². The zero-order chi connectivity index (χ0) is 11.3. The first-order valence-electron chi connectivity index (χ1n) is 4.30. The minimum absolute atomic E-state index is 0.243. The molecule has 0 aromatic heterocycles. The molecular weight excluding hydrogens is 282 g/mol. The van der Waals surface area contributed by atoms with Gasteiger partial charge in [0.1, 0.15) is 0 Å². The van der Waals surface area contributed by atoms with E-state index in [4.69, 9.17) is 4.74 Å². The van der Waals surface area contributed by atoms with Crippen molar-refractivity contribution in [1.82, 2.24) is 4.72 Å². The summed E-state index contributed by atoms with van der Waals surface area (Å²) >= 11 is 3.22. The Hall–Kier alpha value is -0.430. The van der Waals surface area contributed by atoms with Gasteiger partial charge in [0, 0.05) is 18.1 Å². The molecule has 1 aromatic carbocycles. The molecule has 0 aliphatic rings. The smallest absolute Gasteiger partial charge is 0.240 e. The maximum Gasteiger partial charge on any atom is 0.240 e. The highest BCUT2D eigenvalue weighted by Crippen LogP contribution is 2.15. The highest BCUT2D eigenvalue weighted by atomic mass is 79.9. The molecule has 15 heavy (non-hydrogen) atoms. The van der Waals surface area contributed by atoms with E-state index in [2.05, 4.69) is 20.7 Å². The van der Waals surface area contributed by atoms with E-state index in [1.54, 1.807) is 24.3 Å². The minimum Gasteiger partial charge on any atom is -0.383 e. The van der Waals surface area contributed by atoms with Crippen molar-refractivity contribution in [2.75, 3.05) is 20.3 Å². The summed E-state index contributed by atoms with van der Waals surface area (Å²) in [6.07, 6.45) is 0. The number of hydrogen-bond donors (Lipinski definition) is 1. The lowest BCUT2D eigenvalue weighted by Gasteiger charge is -2.06. The van der Waals surface area contributed by atoms with Crippen molar-refractivity contribution >= 4 is 26.0 Å². The highest BCUT2D eigenvalue weighted by Gasteiger charge is 2.12. The van der Waals surface area contributed by atoms with Crippen molar-refractivity contribution in [2.24, 2.45) is 0 Å². The Morgan fingerprint density at radius 1 is 1.47 bits per heavy atom. The van der Waals surface area contributed by atoms with Crippen molar-refractivity contribution in [2.45, 2.75) is 4.90 Å². The number of rotatable bonds is 5. The quantitative estimate of drug-likeness (QED) is 0.835. The fourth-order valence-corrected chi connectivity index (χ4v) is 2.60. The molecule has 0 aliphatic heterocycles. The number of ether oxygens (including phenoxy) is 1. The number of hydrogen-bond acceptors (Lipinski definition) is 3. The standard InChI is InChI=1S/C9H12BrNO3S/c1-14-6-5-11-15(12,13)9-4-2-3-8(10)7-9/h2-4,7,11H,5-6H2,1H3. The van der Waals surface area contributed by atoms with Gasteiger partial charge in [-0.05, 0) is 18.2 Å². The highest BCUT2D eigenvalue weighted by molar-refractivity contribution is 9.10. The van der Waals surface area contributed by atoms with E-state index >= 15 is 0 Å². The van der Waals surface area contributed by atoms with Crippen molar-refractivity contribution < 1.29 is 13.2 Å². The predicted octanol–water partition coefficient (Wildman–Crippen LogP) is 1.37. The Balaban J connectivity index is 2.77. The van der Waals surface area contributed by atoms with Crippen LogP contribution in [0.5, 0.6) is 0 Å². The van der Waals surface area contributed by atoms with Crippen molar-refractivity contribution in [3.8, 4) is 0 Å². The molecule has 1 N–H and O–H groups in total. The van der Waals surface area contributed by atoms with Crippen LogP contribution in [0.2, 0.25) is 0 Å². The number of nitrogens with one attached hydrogen (secondary N) is 1. The average molecular weight is 294 g/mol. The molecular formula is C9H12BrNO3S. The first-order chi connectivity index (χ1) is 7.06. The van der Waals surface area contributed by atoms with Crippen LogP contribution < -0.4 is 4.72 Å². The van der Waals surface area contributed by atoms with Crippen LogP contribution in [0.4, 0.5) is 0 Å². The van der Waals surface area contributed by atoms with Crippen LogP contribution >= 0.6 is 15.9 Å². The lowest BCUT2D eigenvalue weighted by atomic mass is 10.4. The van der Waals surface area contributed by atoms with Gasteiger partial charge < -0.3 is 4.74 Å². The van der Waals surface area contributed by atoms with Crippen molar-refractivity contribution in [3.05, 3.63) is 28.7 Å². The third-order valence-electron chi connectivity index (χ3n) is 1.70. The number of benzene rings is 1. The van der Waals surface area contributed by atoms with Crippen LogP contribution in [0.25, 0.3) is 0 Å². The van der Waals surface area contributed by atoms with E-state index in [1.165, 1.54) is 7.11 Å². The number of methoxy groups -OCH3 is 1. The second kappa shape index (κ2) is 5.60. The van der Waals surface area contributed by atoms with Crippen LogP contribution in [0, 0.1) is 0 Å². The van der Waals surface area contributed by atoms with Gasteiger partial charge in [-0.1, -0.05) is 22.0 Å². The molecule has 0 amide bonds. The third-order valence-corrected chi connectivity index (χ3v) is 3.66. The Kier molecular flexibility index (Phi) is 4.72. The summed E-state index contributed by atoms with van der Waals surface area (Å²) in [5.41, 5.74) is 0. The van der Waals surface area contributed by atoms with Gasteiger partial charge in [0.05, 0.1) is 11.5 Å². The predicted molar refractivity (Wildman–Crippen MR) is 61.2 cm³/mol. The van der Waals surface area contributed by atoms with Crippen molar-refractivity contribution in [3.63, 3.8) is 0 Å². The topological polar surface area (TPSA) is 55.4 Å². The first-order valence-corrected chi connectivity index (χ1v) is 6.58. The van der Waals surface area contributed by atoms with Gasteiger partial charge in [-0.25, -0.2) is 13.1 Å². The molecule has 1 rings (SSSR count). The second-order valence-electron chi connectivity index (χ2n) is 2.85. The maximum atomic E-state index is 11.7. The average Bonchev–Trinajstić information content (AvgIpc) is 2.18. The maximum absolute atomic E-state index is 11.7. The van der Waals surface area contributed by atoms with Crippen LogP contribution in [-0.4, -0.2) is 28.7 Å². The summed E-state index contributed by atoms with van der Waals surface area (Å²) in [5.74, 6) is 0. The molecule has 0 heterocycles. The van der Waals surface area contributed by atoms with E-state index in [-0.39, 0.29) is 11.4 Å². The van der Waals surface area contributed by atoms with Gasteiger partial charge >= 0.3 is 0 Å². The SMILES string of the molecule is COCCNS(=O)(=O)c1cccc(Br)c1. The van der Waals surface area contributed by atoms with Gasteiger partial charge in [0.2, 0.25) is 10.0 Å². The van der Waals surface area contributed by atoms with Crippen LogP contribution in [0.3, 0.4) is 0 Å². The summed E-state index contributed by atoms with van der Waals surface area (Å²) in [6, 6.07) is 6.54. The molecule has 0 aliphatic carbocycles. The molecule has 1 aromatic rings. The third kappa shape index (κ3) is 3.90. The molecule has 84 valence electrons. The van der Waals surface area contributed by atoms with Gasteiger partial charge in [0.15, 0.2) is 0 Å². The Morgan fingerprint density at radius 3 is 2.80 bits per heavy atom. The monoisotopic (exact) mass is 293 g/mol. The molecule has 0 fully saturated rings. The number of sulfonamides is 1. The zero-order valence-electron chi connectivity index (χ0n) is 8.23. The molecule has 6 heteroatoms. The summed E-state index contributed by atoms with van der Waals surface area (Å²) in [4.78, 5) is 0.243. The molecule has 0 atom stereocenters. The lowest BCUT2D eigenvalue weighted by Crippen LogP contribution is -2.27. The largest absolute Gasteiger partial charge is 0.383 e.